The lowest BCUT2D eigenvalue weighted by atomic mass is 9.98. The molecule has 2 aromatic carbocycles. The summed E-state index contributed by atoms with van der Waals surface area (Å²) in [7, 11) is -2.36. The molecule has 1 aliphatic heterocycles. The van der Waals surface area contributed by atoms with Gasteiger partial charge in [0.2, 0.25) is 0 Å². The average Bonchev–Trinajstić information content (AvgIpc) is 2.58. The first-order valence-corrected chi connectivity index (χ1v) is 9.50. The first-order valence-electron chi connectivity index (χ1n) is 7.64. The monoisotopic (exact) mass is 394 g/mol. The van der Waals surface area contributed by atoms with Crippen molar-refractivity contribution in [2.45, 2.75) is 11.3 Å². The molecule has 2 aromatic rings. The lowest BCUT2D eigenvalue weighted by molar-refractivity contribution is 0.0696. The Morgan fingerprint density at radius 3 is 2.65 bits per heavy atom. The van der Waals surface area contributed by atoms with Crippen molar-refractivity contribution in [3.05, 3.63) is 58.1 Å². The number of hydrogen-bond donors (Lipinski definition) is 2. The highest BCUT2D eigenvalue weighted by Crippen LogP contribution is 2.30. The molecular weight excluding hydrogens is 380 g/mol. The maximum atomic E-state index is 12.7. The number of carbonyl (C=O) groups excluding carboxylic acids is 1. The van der Waals surface area contributed by atoms with E-state index in [-0.39, 0.29) is 21.4 Å². The van der Waals surface area contributed by atoms with E-state index in [1.54, 1.807) is 30.1 Å². The molecule has 0 radical (unpaired) electrons. The molecule has 0 aromatic heterocycles. The van der Waals surface area contributed by atoms with Gasteiger partial charge in [0.05, 0.1) is 16.3 Å². The van der Waals surface area contributed by atoms with E-state index in [1.807, 2.05) is 0 Å². The number of fused-ring (bicyclic) bond motifs is 1. The maximum absolute atomic E-state index is 12.7. The zero-order valence-corrected chi connectivity index (χ0v) is 15.3. The summed E-state index contributed by atoms with van der Waals surface area (Å²) >= 11 is 5.97. The Bertz CT molecular complexity index is 1020. The Hall–Kier alpha value is -2.58. The normalized spacial score (nSPS) is 14.1. The fourth-order valence-corrected chi connectivity index (χ4v) is 4.43. The van der Waals surface area contributed by atoms with Gasteiger partial charge in [0, 0.05) is 19.2 Å². The van der Waals surface area contributed by atoms with Gasteiger partial charge in [-0.05, 0) is 42.3 Å². The van der Waals surface area contributed by atoms with Crippen LogP contribution in [0.4, 0.5) is 5.69 Å². The van der Waals surface area contributed by atoms with Gasteiger partial charge >= 0.3 is 5.97 Å². The van der Waals surface area contributed by atoms with Gasteiger partial charge < -0.3 is 10.0 Å². The summed E-state index contributed by atoms with van der Waals surface area (Å²) in [5.74, 6) is -1.38. The topological polar surface area (TPSA) is 104 Å². The van der Waals surface area contributed by atoms with Crippen LogP contribution in [0.25, 0.3) is 0 Å². The number of carbonyl (C=O) groups is 2. The Kier molecular flexibility index (Phi) is 4.64. The van der Waals surface area contributed by atoms with Crippen LogP contribution in [0.1, 0.15) is 26.3 Å². The van der Waals surface area contributed by atoms with Crippen LogP contribution < -0.4 is 4.72 Å². The van der Waals surface area contributed by atoms with Crippen molar-refractivity contribution < 1.29 is 23.1 Å². The number of carboxylic acid groups (broad SMARTS) is 1. The molecule has 9 heteroatoms. The van der Waals surface area contributed by atoms with E-state index in [9.17, 15) is 18.0 Å². The quantitative estimate of drug-likeness (QED) is 0.829. The van der Waals surface area contributed by atoms with Gasteiger partial charge in [-0.25, -0.2) is 13.2 Å². The standard InChI is InChI=1S/C17H15ClN2O5S/c1-20-8-7-11-12(16(20)21)3-2-4-14(11)19-26(24,25)15-6-5-10(17(22)23)9-13(15)18/h2-6,9,19H,7-8H2,1H3,(H,22,23). The van der Waals surface area contributed by atoms with Crippen molar-refractivity contribution in [1.29, 1.82) is 0 Å². The fraction of sp³-hybridized carbons (Fsp3) is 0.176. The minimum absolute atomic E-state index is 0.111. The van der Waals surface area contributed by atoms with Gasteiger partial charge in [0.1, 0.15) is 4.90 Å². The molecular formula is C17H15ClN2O5S. The Morgan fingerprint density at radius 1 is 1.27 bits per heavy atom. The van der Waals surface area contributed by atoms with Crippen molar-refractivity contribution in [2.75, 3.05) is 18.3 Å². The number of nitrogens with zero attached hydrogens (tertiary/aromatic N) is 1. The van der Waals surface area contributed by atoms with Crippen molar-refractivity contribution in [1.82, 2.24) is 4.90 Å². The van der Waals surface area contributed by atoms with Crippen LogP contribution in [-0.4, -0.2) is 43.9 Å². The number of benzene rings is 2. The SMILES string of the molecule is CN1CCc2c(NS(=O)(=O)c3ccc(C(=O)O)cc3Cl)cccc2C1=O. The third kappa shape index (κ3) is 3.25. The van der Waals surface area contributed by atoms with Crippen LogP contribution in [0.3, 0.4) is 0 Å². The smallest absolute Gasteiger partial charge is 0.335 e. The highest BCUT2D eigenvalue weighted by atomic mass is 35.5. The van der Waals surface area contributed by atoms with Crippen molar-refractivity contribution in [3.63, 3.8) is 0 Å². The lowest BCUT2D eigenvalue weighted by Gasteiger charge is -2.26. The summed E-state index contributed by atoms with van der Waals surface area (Å²) in [6.45, 7) is 0.485. The summed E-state index contributed by atoms with van der Waals surface area (Å²) < 4.78 is 27.9. The molecule has 2 N–H and O–H groups in total. The summed E-state index contributed by atoms with van der Waals surface area (Å²) in [5, 5.41) is 8.76. The molecule has 1 aliphatic rings. The first-order chi connectivity index (χ1) is 12.2. The first kappa shape index (κ1) is 18.2. The van der Waals surface area contributed by atoms with Crippen molar-refractivity contribution in [3.8, 4) is 0 Å². The zero-order chi connectivity index (χ0) is 19.1. The number of amides is 1. The van der Waals surface area contributed by atoms with Gasteiger partial charge in [0.25, 0.3) is 15.9 Å². The van der Waals surface area contributed by atoms with Crippen LogP contribution in [0, 0.1) is 0 Å². The van der Waals surface area contributed by atoms with E-state index < -0.39 is 16.0 Å². The van der Waals surface area contributed by atoms with Crippen LogP contribution in [0.15, 0.2) is 41.3 Å². The fourth-order valence-electron chi connectivity index (χ4n) is 2.79. The number of halogens is 1. The molecule has 0 bridgehead atoms. The molecule has 0 fully saturated rings. The van der Waals surface area contributed by atoms with E-state index >= 15 is 0 Å². The molecule has 0 saturated carbocycles. The molecule has 1 amide bonds. The van der Waals surface area contributed by atoms with Crippen LogP contribution >= 0.6 is 11.6 Å². The van der Waals surface area contributed by atoms with E-state index in [1.165, 1.54) is 6.07 Å². The van der Waals surface area contributed by atoms with Gasteiger partial charge in [-0.15, -0.1) is 0 Å². The summed E-state index contributed by atoms with van der Waals surface area (Å²) in [6.07, 6.45) is 0.516. The molecule has 0 unspecified atom stereocenters. The molecule has 7 nitrogen and oxygen atoms in total. The van der Waals surface area contributed by atoms with E-state index in [2.05, 4.69) is 4.72 Å². The lowest BCUT2D eigenvalue weighted by Crippen LogP contribution is -2.34. The summed E-state index contributed by atoms with van der Waals surface area (Å²) in [4.78, 5) is 24.5. The molecule has 0 atom stereocenters. The Morgan fingerprint density at radius 2 is 2.00 bits per heavy atom. The largest absolute Gasteiger partial charge is 0.478 e. The second kappa shape index (κ2) is 6.62. The minimum Gasteiger partial charge on any atom is -0.478 e. The number of rotatable bonds is 4. The second-order valence-electron chi connectivity index (χ2n) is 5.86. The average molecular weight is 395 g/mol. The number of sulfonamides is 1. The maximum Gasteiger partial charge on any atom is 0.335 e. The molecule has 136 valence electrons. The molecule has 0 aliphatic carbocycles. The Labute approximate surface area is 155 Å². The minimum atomic E-state index is -4.05. The number of carboxylic acids is 1. The number of anilines is 1. The summed E-state index contributed by atoms with van der Waals surface area (Å²) in [5.41, 5.74) is 1.27. The highest BCUT2D eigenvalue weighted by molar-refractivity contribution is 7.92. The van der Waals surface area contributed by atoms with Crippen molar-refractivity contribution >= 4 is 39.2 Å². The van der Waals surface area contributed by atoms with Gasteiger partial charge in [-0.2, -0.15) is 0 Å². The van der Waals surface area contributed by atoms with Gasteiger partial charge in [-0.1, -0.05) is 17.7 Å². The number of hydrogen-bond acceptors (Lipinski definition) is 4. The number of nitrogens with one attached hydrogen (secondary N) is 1. The van der Waals surface area contributed by atoms with E-state index in [4.69, 9.17) is 16.7 Å². The predicted octanol–water partition coefficient (Wildman–Crippen LogP) is 2.47. The highest BCUT2D eigenvalue weighted by Gasteiger charge is 2.26. The molecule has 1 heterocycles. The number of likely N-dealkylation sites (N-methyl/N-ethyl adjacent to an activating group) is 1. The molecule has 26 heavy (non-hydrogen) atoms. The third-order valence-corrected chi connectivity index (χ3v) is 6.01. The Balaban J connectivity index is 1.99. The van der Waals surface area contributed by atoms with Crippen molar-refractivity contribution in [2.24, 2.45) is 0 Å². The zero-order valence-electron chi connectivity index (χ0n) is 13.7. The van der Waals surface area contributed by atoms with Crippen LogP contribution in [0.2, 0.25) is 5.02 Å². The van der Waals surface area contributed by atoms with Crippen LogP contribution in [-0.2, 0) is 16.4 Å². The summed E-state index contributed by atoms with van der Waals surface area (Å²) in [6, 6.07) is 8.22. The molecule has 0 saturated heterocycles. The van der Waals surface area contributed by atoms with E-state index in [0.29, 0.717) is 29.8 Å². The van der Waals surface area contributed by atoms with E-state index in [0.717, 1.165) is 12.1 Å². The van der Waals surface area contributed by atoms with Gasteiger partial charge in [-0.3, -0.25) is 9.52 Å². The predicted molar refractivity (Wildman–Crippen MR) is 96.3 cm³/mol. The molecule has 3 rings (SSSR count). The number of aromatic carboxylic acids is 1. The van der Waals surface area contributed by atoms with Gasteiger partial charge in [0.15, 0.2) is 0 Å². The second-order valence-corrected chi connectivity index (χ2v) is 7.92. The van der Waals surface area contributed by atoms with Crippen LogP contribution in [0.5, 0.6) is 0 Å². The third-order valence-electron chi connectivity index (χ3n) is 4.16. The molecule has 0 spiro atoms.